The van der Waals surface area contributed by atoms with Gasteiger partial charge in [0.05, 0.1) is 29.9 Å². The van der Waals surface area contributed by atoms with Crippen molar-refractivity contribution < 1.29 is 19.0 Å². The normalized spacial score (nSPS) is 23.2. The van der Waals surface area contributed by atoms with Gasteiger partial charge in [0, 0.05) is 44.0 Å². The summed E-state index contributed by atoms with van der Waals surface area (Å²) < 4.78 is 30.9. The highest BCUT2D eigenvalue weighted by Gasteiger charge is 2.30. The van der Waals surface area contributed by atoms with Gasteiger partial charge in [0.15, 0.2) is 5.65 Å². The molecule has 2 fully saturated rings. The first-order chi connectivity index (χ1) is 25.2. The number of aliphatic hydroxyl groups excluding tert-OH is 1. The average molecular weight is 710 g/mol. The lowest BCUT2D eigenvalue weighted by molar-refractivity contribution is 0.153. The summed E-state index contributed by atoms with van der Waals surface area (Å²) in [5.74, 6) is -0.0747. The molecule has 13 heteroatoms. The van der Waals surface area contributed by atoms with Crippen LogP contribution < -0.4 is 16.6 Å². The maximum absolute atomic E-state index is 14.6. The maximum Gasteiger partial charge on any atom is 0.337 e. The molecule has 11 nitrogen and oxygen atoms in total. The fraction of sp³-hybridized carbons (Fsp3) is 0.385. The van der Waals surface area contributed by atoms with E-state index in [0.29, 0.717) is 38.2 Å². The van der Waals surface area contributed by atoms with Crippen LogP contribution >= 0.6 is 0 Å². The van der Waals surface area contributed by atoms with Gasteiger partial charge >= 0.3 is 5.69 Å². The van der Waals surface area contributed by atoms with Crippen molar-refractivity contribution in [1.29, 1.82) is 0 Å². The Morgan fingerprint density at radius 3 is 2.65 bits per heavy atom. The van der Waals surface area contributed by atoms with E-state index >= 15 is 0 Å². The molecular weight excluding hydrogens is 668 g/mol. The molecular formula is C39H41F2N7O4. The number of phenols is 1. The molecule has 8 rings (SSSR count). The molecule has 1 saturated carbocycles. The highest BCUT2D eigenvalue weighted by atomic mass is 19.1. The van der Waals surface area contributed by atoms with Crippen LogP contribution in [0.5, 0.6) is 5.75 Å². The monoisotopic (exact) mass is 709 g/mol. The summed E-state index contributed by atoms with van der Waals surface area (Å²) in [6.07, 6.45) is 10.1. The highest BCUT2D eigenvalue weighted by molar-refractivity contribution is 5.96. The van der Waals surface area contributed by atoms with E-state index in [0.717, 1.165) is 67.0 Å². The number of fused-ring (bicyclic) bond motifs is 2. The second kappa shape index (κ2) is 14.2. The molecule has 5 heterocycles. The molecule has 0 amide bonds. The second-order valence-electron chi connectivity index (χ2n) is 14.2. The number of nitrogens with one attached hydrogen (secondary N) is 1. The van der Waals surface area contributed by atoms with Crippen molar-refractivity contribution in [2.45, 2.75) is 69.2 Å². The first-order valence-corrected chi connectivity index (χ1v) is 18.0. The summed E-state index contributed by atoms with van der Waals surface area (Å²) >= 11 is 0. The zero-order chi connectivity index (χ0) is 35.9. The van der Waals surface area contributed by atoms with Crippen LogP contribution in [0, 0.1) is 5.82 Å². The van der Waals surface area contributed by atoms with Crippen molar-refractivity contribution >= 4 is 16.9 Å². The Bertz CT molecular complexity index is 2220. The molecule has 1 saturated heterocycles. The number of aliphatic imine (C=N–C) groups is 1. The van der Waals surface area contributed by atoms with E-state index in [2.05, 4.69) is 20.2 Å². The van der Waals surface area contributed by atoms with Crippen LogP contribution in [0.3, 0.4) is 0 Å². The van der Waals surface area contributed by atoms with Crippen LogP contribution in [0.2, 0.25) is 0 Å². The number of aromatic nitrogens is 3. The molecule has 52 heavy (non-hydrogen) atoms. The molecule has 2 aromatic heterocycles. The Balaban J connectivity index is 1.07. The lowest BCUT2D eigenvalue weighted by atomic mass is 9.90. The number of phenolic OH excluding ortho intramolecular Hbond substituents is 1. The second-order valence-corrected chi connectivity index (χ2v) is 14.2. The molecule has 3 aliphatic heterocycles. The highest BCUT2D eigenvalue weighted by Crippen LogP contribution is 2.32. The SMILES string of the molecule is O=c1c2cc(F)cnc2n(-c2cccc(-c3ccc(O)cc3CN3CCC[C@@H]3CO)c2)c(=O)n1C1CCC(NCC2CN3C=C(F)C=CC3=N2)CC1. The summed E-state index contributed by atoms with van der Waals surface area (Å²) in [5.41, 5.74) is 1.98. The number of nitrogens with zero attached hydrogens (tertiary/aromatic N) is 6. The zero-order valence-corrected chi connectivity index (χ0v) is 28.7. The van der Waals surface area contributed by atoms with Gasteiger partial charge < -0.3 is 20.4 Å². The van der Waals surface area contributed by atoms with E-state index in [9.17, 15) is 28.6 Å². The summed E-state index contributed by atoms with van der Waals surface area (Å²) in [6, 6.07) is 13.5. The van der Waals surface area contributed by atoms with Crippen molar-refractivity contribution in [3.63, 3.8) is 0 Å². The quantitative estimate of drug-likeness (QED) is 0.231. The third-order valence-corrected chi connectivity index (χ3v) is 10.9. The van der Waals surface area contributed by atoms with Gasteiger partial charge in [-0.1, -0.05) is 18.2 Å². The van der Waals surface area contributed by atoms with Gasteiger partial charge in [0.2, 0.25) is 0 Å². The molecule has 0 radical (unpaired) electrons. The molecule has 2 aromatic carbocycles. The van der Waals surface area contributed by atoms with Gasteiger partial charge in [-0.25, -0.2) is 23.1 Å². The smallest absolute Gasteiger partial charge is 0.337 e. The van der Waals surface area contributed by atoms with E-state index < -0.39 is 17.1 Å². The predicted molar refractivity (Wildman–Crippen MR) is 195 cm³/mol. The summed E-state index contributed by atoms with van der Waals surface area (Å²) in [6.45, 7) is 2.67. The minimum atomic E-state index is -0.666. The average Bonchev–Trinajstić information content (AvgIpc) is 3.77. The van der Waals surface area contributed by atoms with Crippen molar-refractivity contribution in [1.82, 2.24) is 29.2 Å². The number of amidine groups is 1. The number of aliphatic hydroxyl groups is 1. The maximum atomic E-state index is 14.6. The van der Waals surface area contributed by atoms with Crippen LogP contribution in [0.25, 0.3) is 27.8 Å². The lowest BCUT2D eigenvalue weighted by Crippen LogP contribution is -2.45. The Kier molecular flexibility index (Phi) is 9.32. The number of hydrogen-bond donors (Lipinski definition) is 3. The molecule has 2 atom stereocenters. The van der Waals surface area contributed by atoms with Crippen molar-refractivity contribution in [2.75, 3.05) is 26.2 Å². The van der Waals surface area contributed by atoms with E-state index in [-0.39, 0.29) is 53.4 Å². The molecule has 0 bridgehead atoms. The zero-order valence-electron chi connectivity index (χ0n) is 28.7. The van der Waals surface area contributed by atoms with Crippen LogP contribution in [0.1, 0.15) is 50.1 Å². The van der Waals surface area contributed by atoms with Gasteiger partial charge in [-0.15, -0.1) is 0 Å². The largest absolute Gasteiger partial charge is 0.508 e. The lowest BCUT2D eigenvalue weighted by Gasteiger charge is -2.31. The molecule has 0 spiro atoms. The number of pyridine rings is 1. The number of likely N-dealkylation sites (tertiary alicyclic amines) is 1. The fourth-order valence-corrected chi connectivity index (χ4v) is 8.25. The number of hydrogen-bond acceptors (Lipinski definition) is 9. The third kappa shape index (κ3) is 6.59. The van der Waals surface area contributed by atoms with Gasteiger partial charge in [0.1, 0.15) is 23.2 Å². The van der Waals surface area contributed by atoms with E-state index in [1.165, 1.54) is 21.4 Å². The molecule has 1 aliphatic carbocycles. The van der Waals surface area contributed by atoms with Crippen molar-refractivity contribution in [3.05, 3.63) is 111 Å². The number of rotatable bonds is 9. The van der Waals surface area contributed by atoms with Crippen LogP contribution in [0.15, 0.2) is 93.5 Å². The van der Waals surface area contributed by atoms with Gasteiger partial charge in [-0.3, -0.25) is 19.3 Å². The summed E-state index contributed by atoms with van der Waals surface area (Å²) in [5, 5.41) is 23.9. The Morgan fingerprint density at radius 1 is 0.981 bits per heavy atom. The molecule has 270 valence electrons. The number of allylic oxidation sites excluding steroid dienone is 2. The number of aromatic hydroxyl groups is 1. The Labute approximate surface area is 298 Å². The van der Waals surface area contributed by atoms with E-state index in [1.54, 1.807) is 24.3 Å². The van der Waals surface area contributed by atoms with Gasteiger partial charge in [0.25, 0.3) is 5.56 Å². The van der Waals surface area contributed by atoms with E-state index in [1.807, 2.05) is 29.2 Å². The van der Waals surface area contributed by atoms with Crippen molar-refractivity contribution in [2.24, 2.45) is 4.99 Å². The van der Waals surface area contributed by atoms with Gasteiger partial charge in [-0.2, -0.15) is 0 Å². The minimum absolute atomic E-state index is 0.0108. The topological polar surface area (TPSA) is 128 Å². The summed E-state index contributed by atoms with van der Waals surface area (Å²) in [4.78, 5) is 41.3. The van der Waals surface area contributed by atoms with Crippen molar-refractivity contribution in [3.8, 4) is 22.6 Å². The van der Waals surface area contributed by atoms with Crippen LogP contribution in [0.4, 0.5) is 8.78 Å². The van der Waals surface area contributed by atoms with Gasteiger partial charge in [-0.05, 0) is 104 Å². The molecule has 4 aromatic rings. The van der Waals surface area contributed by atoms with Crippen LogP contribution in [-0.2, 0) is 6.54 Å². The fourth-order valence-electron chi connectivity index (χ4n) is 8.25. The predicted octanol–water partition coefficient (Wildman–Crippen LogP) is 4.55. The number of halogens is 2. The first-order valence-electron chi connectivity index (χ1n) is 18.0. The molecule has 1 unspecified atom stereocenters. The standard InChI is InChI=1S/C39H41F2N7O4/c40-26-6-13-36-44-29(22-46(36)21-26)19-42-28-7-9-30(10-8-28)48-38(51)35-17-27(41)18-43-37(35)47(39(48)52)31-4-1-3-24(15-31)34-12-11-33(50)16-25(34)20-45-14-2-5-32(45)23-49/h1,3-4,6,11-13,15-18,21,28-30,32,42,49-50H,2,5,7-10,14,19-20,22-23H2/t28?,29?,30?,32-/m1/s1. The molecule has 3 N–H and O–H groups in total. The first kappa shape index (κ1) is 34.1. The van der Waals surface area contributed by atoms with E-state index in [4.69, 9.17) is 0 Å². The molecule has 4 aliphatic rings. The minimum Gasteiger partial charge on any atom is -0.508 e. The third-order valence-electron chi connectivity index (χ3n) is 10.9. The Hall–Kier alpha value is -4.98. The summed E-state index contributed by atoms with van der Waals surface area (Å²) in [7, 11) is 0. The Morgan fingerprint density at radius 2 is 1.83 bits per heavy atom. The number of benzene rings is 2. The van der Waals surface area contributed by atoms with Crippen LogP contribution in [-0.4, -0.2) is 84.3 Å².